The van der Waals surface area contributed by atoms with Crippen LogP contribution in [0.4, 0.5) is 0 Å². The van der Waals surface area contributed by atoms with Gasteiger partial charge in [0, 0.05) is 2.85 Å². The van der Waals surface area contributed by atoms with Crippen molar-refractivity contribution in [1.29, 1.82) is 0 Å². The summed E-state index contributed by atoms with van der Waals surface area (Å²) in [5.41, 5.74) is 0. The molecular weight excluding hydrogens is 344 g/mol. The van der Waals surface area contributed by atoms with Gasteiger partial charge in [0.25, 0.3) is 0 Å². The van der Waals surface area contributed by atoms with E-state index in [4.69, 9.17) is 0 Å². The lowest BCUT2D eigenvalue weighted by molar-refractivity contribution is 0.0969. The second kappa shape index (κ2) is 12.6. The van der Waals surface area contributed by atoms with E-state index in [1.807, 2.05) is 0 Å². The molecule has 0 aromatic heterocycles. The Balaban J connectivity index is 0. The standard InChI is InChI=1S/C26H48.2H2O.2H2/c1-19(2)5-8-21(4)22-11-13-24(14-12-22)26-17-15-25(16-18-26)23-9-6-20(3)7-10-23;;;;/h19-26H,5-18H2,1-4H3;2*1H2;2*1H. The lowest BCUT2D eigenvalue weighted by Gasteiger charge is -2.42. The summed E-state index contributed by atoms with van der Waals surface area (Å²) in [5.74, 6) is 8.32. The molecule has 3 rings (SSSR count). The molecule has 0 aliphatic heterocycles. The van der Waals surface area contributed by atoms with Gasteiger partial charge in [-0.3, -0.25) is 0 Å². The highest BCUT2D eigenvalue weighted by Gasteiger charge is 2.34. The second-order valence-electron chi connectivity index (χ2n) is 11.3. The first-order valence-corrected chi connectivity index (χ1v) is 12.5. The SMILES string of the molecule is CC(C)CCC(C)C1CCC(C2CCC(C3CCC(C)CC3)CC2)CC1.O.O.[HH].[HH]. The quantitative estimate of drug-likeness (QED) is 0.447. The van der Waals surface area contributed by atoms with Crippen molar-refractivity contribution in [3.8, 4) is 0 Å². The highest BCUT2D eigenvalue weighted by Crippen LogP contribution is 2.46. The molecule has 3 aliphatic rings. The van der Waals surface area contributed by atoms with Crippen LogP contribution in [0.5, 0.6) is 0 Å². The second-order valence-corrected chi connectivity index (χ2v) is 11.3. The molecule has 0 saturated heterocycles. The Bertz CT molecular complexity index is 394. The van der Waals surface area contributed by atoms with Gasteiger partial charge in [0.15, 0.2) is 0 Å². The maximum atomic E-state index is 2.55. The van der Waals surface area contributed by atoms with Gasteiger partial charge in [0.1, 0.15) is 0 Å². The average molecular weight is 401 g/mol. The Morgan fingerprint density at radius 1 is 0.571 bits per heavy atom. The first kappa shape index (κ1) is 26.0. The van der Waals surface area contributed by atoms with E-state index in [1.165, 1.54) is 25.7 Å². The lowest BCUT2D eigenvalue weighted by Crippen LogP contribution is -2.30. The van der Waals surface area contributed by atoms with E-state index in [2.05, 4.69) is 27.7 Å². The smallest absolute Gasteiger partial charge is 0 e. The van der Waals surface area contributed by atoms with Crippen LogP contribution in [-0.4, -0.2) is 11.0 Å². The minimum absolute atomic E-state index is 0. The summed E-state index contributed by atoms with van der Waals surface area (Å²) in [5, 5.41) is 0. The van der Waals surface area contributed by atoms with Crippen molar-refractivity contribution in [2.45, 2.75) is 118 Å². The third kappa shape index (κ3) is 7.31. The molecule has 172 valence electrons. The van der Waals surface area contributed by atoms with Crippen molar-refractivity contribution in [3.05, 3.63) is 0 Å². The summed E-state index contributed by atoms with van der Waals surface area (Å²) in [7, 11) is 0. The molecule has 0 bridgehead atoms. The number of hydrogen-bond acceptors (Lipinski definition) is 0. The Labute approximate surface area is 179 Å². The molecule has 0 spiro atoms. The predicted octanol–water partition coefficient (Wildman–Crippen LogP) is 7.34. The number of rotatable bonds is 6. The number of hydrogen-bond donors (Lipinski definition) is 0. The fourth-order valence-electron chi connectivity index (χ4n) is 6.86. The van der Waals surface area contributed by atoms with Gasteiger partial charge in [-0.2, -0.15) is 0 Å². The van der Waals surface area contributed by atoms with E-state index in [9.17, 15) is 0 Å². The molecule has 28 heavy (non-hydrogen) atoms. The molecule has 0 heterocycles. The van der Waals surface area contributed by atoms with Gasteiger partial charge in [-0.15, -0.1) is 0 Å². The molecule has 2 heteroatoms. The topological polar surface area (TPSA) is 63.0 Å². The van der Waals surface area contributed by atoms with Crippen molar-refractivity contribution < 1.29 is 13.8 Å². The zero-order valence-corrected chi connectivity index (χ0v) is 19.5. The maximum absolute atomic E-state index is 2.55. The summed E-state index contributed by atoms with van der Waals surface area (Å²) in [6.07, 6.45) is 21.6. The zero-order valence-electron chi connectivity index (χ0n) is 19.5. The Kier molecular flexibility index (Phi) is 11.7. The highest BCUT2D eigenvalue weighted by molar-refractivity contribution is 4.86. The van der Waals surface area contributed by atoms with E-state index < -0.39 is 0 Å². The summed E-state index contributed by atoms with van der Waals surface area (Å²) in [6, 6.07) is 0. The summed E-state index contributed by atoms with van der Waals surface area (Å²) < 4.78 is 0. The fraction of sp³-hybridized carbons (Fsp3) is 1.00. The molecule has 0 aromatic rings. The van der Waals surface area contributed by atoms with Crippen LogP contribution in [0.2, 0.25) is 0 Å². The van der Waals surface area contributed by atoms with Gasteiger partial charge in [0.05, 0.1) is 0 Å². The predicted molar refractivity (Wildman–Crippen MR) is 127 cm³/mol. The van der Waals surface area contributed by atoms with Gasteiger partial charge >= 0.3 is 0 Å². The maximum Gasteiger partial charge on any atom is 0 e. The van der Waals surface area contributed by atoms with Crippen LogP contribution in [-0.2, 0) is 0 Å². The monoisotopic (exact) mass is 400 g/mol. The van der Waals surface area contributed by atoms with Gasteiger partial charge in [0.2, 0.25) is 0 Å². The van der Waals surface area contributed by atoms with Crippen LogP contribution in [0.15, 0.2) is 0 Å². The van der Waals surface area contributed by atoms with E-state index in [-0.39, 0.29) is 13.8 Å². The molecule has 0 amide bonds. The molecule has 3 fully saturated rings. The van der Waals surface area contributed by atoms with Gasteiger partial charge in [-0.05, 0) is 112 Å². The largest absolute Gasteiger partial charge is 0.412 e. The van der Waals surface area contributed by atoms with Gasteiger partial charge in [-0.25, -0.2) is 0 Å². The van der Waals surface area contributed by atoms with Crippen molar-refractivity contribution in [2.75, 3.05) is 0 Å². The highest BCUT2D eigenvalue weighted by atomic mass is 16.0. The van der Waals surface area contributed by atoms with Crippen LogP contribution in [0.25, 0.3) is 0 Å². The summed E-state index contributed by atoms with van der Waals surface area (Å²) in [6.45, 7) is 9.78. The van der Waals surface area contributed by atoms with Crippen molar-refractivity contribution in [3.63, 3.8) is 0 Å². The Morgan fingerprint density at radius 3 is 1.32 bits per heavy atom. The van der Waals surface area contributed by atoms with Crippen LogP contribution >= 0.6 is 0 Å². The molecular formula is C26H56O2. The molecule has 0 aromatic carbocycles. The van der Waals surface area contributed by atoms with Crippen molar-refractivity contribution >= 4 is 0 Å². The minimum Gasteiger partial charge on any atom is -0.412 e. The van der Waals surface area contributed by atoms with Crippen LogP contribution < -0.4 is 0 Å². The van der Waals surface area contributed by atoms with Crippen LogP contribution in [0.1, 0.15) is 120 Å². The van der Waals surface area contributed by atoms with Gasteiger partial charge in [-0.1, -0.05) is 53.4 Å². The molecule has 3 aliphatic carbocycles. The zero-order chi connectivity index (χ0) is 18.5. The first-order chi connectivity index (χ1) is 12.5. The molecule has 4 N–H and O–H groups in total. The summed E-state index contributed by atoms with van der Waals surface area (Å²) in [4.78, 5) is 0. The van der Waals surface area contributed by atoms with E-state index in [0.717, 1.165) is 47.3 Å². The van der Waals surface area contributed by atoms with E-state index >= 15 is 0 Å². The average Bonchev–Trinajstić information content (AvgIpc) is 2.67. The van der Waals surface area contributed by atoms with E-state index in [0.29, 0.717) is 0 Å². The first-order valence-electron chi connectivity index (χ1n) is 12.5. The van der Waals surface area contributed by atoms with Crippen LogP contribution in [0.3, 0.4) is 0 Å². The molecule has 3 saturated carbocycles. The molecule has 2 nitrogen and oxygen atoms in total. The van der Waals surface area contributed by atoms with Crippen molar-refractivity contribution in [2.24, 2.45) is 47.3 Å². The van der Waals surface area contributed by atoms with Crippen molar-refractivity contribution in [1.82, 2.24) is 0 Å². The molecule has 1 atom stereocenters. The Hall–Kier alpha value is -0.0800. The van der Waals surface area contributed by atoms with Crippen LogP contribution in [0, 0.1) is 47.3 Å². The fourth-order valence-corrected chi connectivity index (χ4v) is 6.86. The third-order valence-corrected chi connectivity index (χ3v) is 9.03. The molecule has 0 radical (unpaired) electrons. The van der Waals surface area contributed by atoms with E-state index in [1.54, 1.807) is 64.2 Å². The molecule has 1 unspecified atom stereocenters. The lowest BCUT2D eigenvalue weighted by atomic mass is 9.64. The normalized spacial score (nSPS) is 37.6. The van der Waals surface area contributed by atoms with Gasteiger partial charge < -0.3 is 11.0 Å². The summed E-state index contributed by atoms with van der Waals surface area (Å²) >= 11 is 0. The minimum atomic E-state index is 0. The third-order valence-electron chi connectivity index (χ3n) is 9.03. The Morgan fingerprint density at radius 2 is 0.929 bits per heavy atom.